The molecule has 2 aliphatic heterocycles. The van der Waals surface area contributed by atoms with E-state index in [0.29, 0.717) is 11.5 Å². The molecule has 2 aromatic carbocycles. The van der Waals surface area contributed by atoms with Gasteiger partial charge < -0.3 is 19.1 Å². The topological polar surface area (TPSA) is 75.7 Å². The van der Waals surface area contributed by atoms with Crippen LogP contribution in [0, 0.1) is 6.92 Å². The summed E-state index contributed by atoms with van der Waals surface area (Å²) in [6.45, 7) is 3.23. The molecule has 2 atom stereocenters. The second kappa shape index (κ2) is 6.49. The average molecular weight is 380 g/mol. The van der Waals surface area contributed by atoms with Crippen LogP contribution in [0.2, 0.25) is 0 Å². The zero-order valence-electron chi connectivity index (χ0n) is 16.1. The first kappa shape index (κ1) is 17.0. The minimum absolute atomic E-state index is 0.0807. The van der Waals surface area contributed by atoms with E-state index in [2.05, 4.69) is 41.6 Å². The molecule has 3 aromatic rings. The van der Waals surface area contributed by atoms with Crippen molar-refractivity contribution in [1.82, 2.24) is 20.2 Å². The summed E-state index contributed by atoms with van der Waals surface area (Å²) >= 11 is 0. The molecule has 28 heavy (non-hydrogen) atoms. The number of hydrogen-bond donors (Lipinski definition) is 1. The van der Waals surface area contributed by atoms with Gasteiger partial charge in [-0.15, -0.1) is 5.10 Å². The van der Waals surface area contributed by atoms with Gasteiger partial charge in [0.25, 0.3) is 0 Å². The molecule has 1 aromatic heterocycles. The van der Waals surface area contributed by atoms with E-state index < -0.39 is 0 Å². The van der Waals surface area contributed by atoms with Gasteiger partial charge in [-0.25, -0.2) is 0 Å². The maximum absolute atomic E-state index is 5.81. The molecule has 2 aliphatic rings. The van der Waals surface area contributed by atoms with Crippen molar-refractivity contribution >= 4 is 0 Å². The van der Waals surface area contributed by atoms with E-state index in [1.807, 2.05) is 22.9 Å². The van der Waals surface area contributed by atoms with Crippen LogP contribution in [0.1, 0.15) is 28.6 Å². The van der Waals surface area contributed by atoms with Crippen LogP contribution in [-0.4, -0.2) is 47.7 Å². The fourth-order valence-electron chi connectivity index (χ4n) is 4.22. The standard InChI is InChI=1S/C20H21N5O3/c1-12-6-4-5-7-14(12)25-20(21-22-23-25)17-16-13(8-9-24(17)2)10-15-18(19(16)26-3)28-11-27-15/h4-7,10,17H,8-9,11H2,1-3H3/p+1/t17-/m1/s1. The normalized spacial score (nSPS) is 20.1. The Labute approximate surface area is 162 Å². The largest absolute Gasteiger partial charge is 0.492 e. The number of hydrogen-bond acceptors (Lipinski definition) is 6. The molecule has 0 spiro atoms. The first-order valence-electron chi connectivity index (χ1n) is 9.35. The molecule has 144 valence electrons. The summed E-state index contributed by atoms with van der Waals surface area (Å²) < 4.78 is 19.0. The maximum atomic E-state index is 5.81. The molecule has 0 fully saturated rings. The summed E-state index contributed by atoms with van der Waals surface area (Å²) in [5.74, 6) is 2.90. The minimum Gasteiger partial charge on any atom is -0.492 e. The van der Waals surface area contributed by atoms with Crippen molar-refractivity contribution in [2.75, 3.05) is 27.5 Å². The number of tetrazole rings is 1. The van der Waals surface area contributed by atoms with E-state index in [1.165, 1.54) is 10.5 Å². The van der Waals surface area contributed by atoms with E-state index in [1.54, 1.807) is 7.11 Å². The lowest BCUT2D eigenvalue weighted by molar-refractivity contribution is -0.909. The second-order valence-corrected chi connectivity index (χ2v) is 7.23. The highest BCUT2D eigenvalue weighted by atomic mass is 16.7. The van der Waals surface area contributed by atoms with Crippen LogP contribution in [0.25, 0.3) is 5.69 Å². The van der Waals surface area contributed by atoms with Crippen LogP contribution in [0.5, 0.6) is 17.2 Å². The van der Waals surface area contributed by atoms with Crippen molar-refractivity contribution in [3.8, 4) is 22.9 Å². The number of nitrogens with zero attached hydrogens (tertiary/aromatic N) is 4. The van der Waals surface area contributed by atoms with Crippen molar-refractivity contribution in [3.63, 3.8) is 0 Å². The van der Waals surface area contributed by atoms with Crippen LogP contribution in [0.3, 0.4) is 0 Å². The number of para-hydroxylation sites is 1. The van der Waals surface area contributed by atoms with Gasteiger partial charge in [0, 0.05) is 6.42 Å². The lowest BCUT2D eigenvalue weighted by Gasteiger charge is -2.32. The monoisotopic (exact) mass is 380 g/mol. The molecule has 0 saturated heterocycles. The number of ether oxygens (including phenoxy) is 3. The van der Waals surface area contributed by atoms with Gasteiger partial charge in [-0.05, 0) is 40.6 Å². The molecular weight excluding hydrogens is 358 g/mol. The van der Waals surface area contributed by atoms with Crippen LogP contribution < -0.4 is 19.1 Å². The maximum Gasteiger partial charge on any atom is 0.231 e. The van der Waals surface area contributed by atoms with Crippen molar-refractivity contribution in [2.45, 2.75) is 19.4 Å². The summed E-state index contributed by atoms with van der Waals surface area (Å²) in [6.07, 6.45) is 0.927. The highest BCUT2D eigenvalue weighted by Gasteiger charge is 2.40. The molecule has 5 rings (SSSR count). The fourth-order valence-corrected chi connectivity index (χ4v) is 4.22. The van der Waals surface area contributed by atoms with Crippen molar-refractivity contribution in [3.05, 3.63) is 52.8 Å². The van der Waals surface area contributed by atoms with E-state index >= 15 is 0 Å². The van der Waals surface area contributed by atoms with Crippen LogP contribution in [0.15, 0.2) is 30.3 Å². The first-order chi connectivity index (χ1) is 13.7. The van der Waals surface area contributed by atoms with Gasteiger partial charge >= 0.3 is 0 Å². The number of aryl methyl sites for hydroxylation is 1. The lowest BCUT2D eigenvalue weighted by atomic mass is 9.90. The van der Waals surface area contributed by atoms with Gasteiger partial charge in [0.1, 0.15) is 0 Å². The van der Waals surface area contributed by atoms with Gasteiger partial charge in [-0.1, -0.05) is 18.2 Å². The summed E-state index contributed by atoms with van der Waals surface area (Å²) in [5, 5.41) is 12.7. The molecule has 1 unspecified atom stereocenters. The molecule has 0 radical (unpaired) electrons. The zero-order valence-corrected chi connectivity index (χ0v) is 16.1. The Balaban J connectivity index is 1.72. The molecular formula is C20H22N5O3+. The van der Waals surface area contributed by atoms with E-state index in [-0.39, 0.29) is 12.8 Å². The van der Waals surface area contributed by atoms with Crippen LogP contribution in [-0.2, 0) is 6.42 Å². The predicted octanol–water partition coefficient (Wildman–Crippen LogP) is 0.868. The fraction of sp³-hybridized carbons (Fsp3) is 0.350. The predicted molar refractivity (Wildman–Crippen MR) is 100 cm³/mol. The Morgan fingerprint density at radius 1 is 1.25 bits per heavy atom. The third kappa shape index (κ3) is 2.45. The summed E-state index contributed by atoms with van der Waals surface area (Å²) in [4.78, 5) is 1.30. The van der Waals surface area contributed by atoms with Gasteiger partial charge in [0.2, 0.25) is 18.4 Å². The van der Waals surface area contributed by atoms with Gasteiger partial charge in [0.05, 0.1) is 32.0 Å². The molecule has 1 N–H and O–H groups in total. The summed E-state index contributed by atoms with van der Waals surface area (Å²) in [7, 11) is 3.83. The second-order valence-electron chi connectivity index (χ2n) is 7.23. The number of rotatable bonds is 3. The van der Waals surface area contributed by atoms with Gasteiger partial charge in [0.15, 0.2) is 17.5 Å². The average Bonchev–Trinajstić information content (AvgIpc) is 3.36. The van der Waals surface area contributed by atoms with Crippen molar-refractivity contribution < 1.29 is 19.1 Å². The smallest absolute Gasteiger partial charge is 0.231 e. The minimum atomic E-state index is -0.0807. The number of methoxy groups -OCH3 is 1. The first-order valence-corrected chi connectivity index (χ1v) is 9.35. The number of aromatic nitrogens is 4. The van der Waals surface area contributed by atoms with Crippen LogP contribution >= 0.6 is 0 Å². The molecule has 0 aliphatic carbocycles. The Morgan fingerprint density at radius 2 is 2.11 bits per heavy atom. The molecule has 0 amide bonds. The number of nitrogens with one attached hydrogen (secondary N) is 1. The summed E-state index contributed by atoms with van der Waals surface area (Å²) in [6, 6.07) is 10.1. The van der Waals surface area contributed by atoms with Gasteiger partial charge in [-0.2, -0.15) is 4.68 Å². The Hall–Kier alpha value is -3.13. The SMILES string of the molecule is COc1c2c(cc3c1[C@H](c1nnnn1-c1ccccc1C)[NH+](C)CC3)OCO2. The molecule has 0 saturated carbocycles. The van der Waals surface area contributed by atoms with Gasteiger partial charge in [-0.3, -0.25) is 0 Å². The Morgan fingerprint density at radius 3 is 2.93 bits per heavy atom. The molecule has 8 nitrogen and oxygen atoms in total. The third-order valence-corrected chi connectivity index (χ3v) is 5.61. The van der Waals surface area contributed by atoms with E-state index in [9.17, 15) is 0 Å². The van der Waals surface area contributed by atoms with Crippen molar-refractivity contribution in [2.24, 2.45) is 0 Å². The molecule has 3 heterocycles. The quantitative estimate of drug-likeness (QED) is 0.727. The Bertz CT molecular complexity index is 1050. The molecule has 0 bridgehead atoms. The Kier molecular flexibility index (Phi) is 3.94. The highest BCUT2D eigenvalue weighted by Crippen LogP contribution is 2.48. The van der Waals surface area contributed by atoms with E-state index in [0.717, 1.165) is 41.4 Å². The number of fused-ring (bicyclic) bond motifs is 2. The highest BCUT2D eigenvalue weighted by molar-refractivity contribution is 5.62. The van der Waals surface area contributed by atoms with Crippen LogP contribution in [0.4, 0.5) is 0 Å². The number of quaternary nitrogens is 1. The lowest BCUT2D eigenvalue weighted by Crippen LogP contribution is -3.10. The zero-order chi connectivity index (χ0) is 19.3. The number of benzene rings is 2. The molecule has 8 heteroatoms. The third-order valence-electron chi connectivity index (χ3n) is 5.61. The number of likely N-dealkylation sites (N-methyl/N-ethyl adjacent to an activating group) is 1. The van der Waals surface area contributed by atoms with E-state index in [4.69, 9.17) is 14.2 Å². The summed E-state index contributed by atoms with van der Waals surface area (Å²) in [5.41, 5.74) is 4.35. The van der Waals surface area contributed by atoms with Crippen molar-refractivity contribution in [1.29, 1.82) is 0 Å².